The van der Waals surface area contributed by atoms with Crippen molar-refractivity contribution in [3.05, 3.63) is 64.7 Å². The van der Waals surface area contributed by atoms with E-state index in [2.05, 4.69) is 19.2 Å². The van der Waals surface area contributed by atoms with Gasteiger partial charge in [0.15, 0.2) is 0 Å². The fraction of sp³-hybridized carbons (Fsp3) is 0.417. The lowest BCUT2D eigenvalue weighted by molar-refractivity contribution is -0.125. The predicted octanol–water partition coefficient (Wildman–Crippen LogP) is 4.44. The fourth-order valence-electron chi connectivity index (χ4n) is 3.80. The molecule has 0 aromatic heterocycles. The summed E-state index contributed by atoms with van der Waals surface area (Å²) in [4.78, 5) is 27.8. The third kappa shape index (κ3) is 4.96. The molecule has 1 fully saturated rings. The third-order valence-corrected chi connectivity index (χ3v) is 5.78. The summed E-state index contributed by atoms with van der Waals surface area (Å²) in [6.07, 6.45) is 1.46. The van der Waals surface area contributed by atoms with Crippen LogP contribution in [0.5, 0.6) is 5.75 Å². The first kappa shape index (κ1) is 22.2. The van der Waals surface area contributed by atoms with Crippen LogP contribution in [-0.4, -0.2) is 42.5 Å². The molecule has 0 saturated carbocycles. The van der Waals surface area contributed by atoms with Crippen molar-refractivity contribution >= 4 is 23.4 Å². The molecule has 1 saturated heterocycles. The molecule has 160 valence electrons. The standard InChI is InChI=1S/C24H29ClN2O3/c1-4-30-21-13-6-5-11-19(21)23(29)27-14-8-12-20(27)22(28)26-16-24(2,3)17-9-7-10-18(25)15-17/h5-7,9-11,13,15,20H,4,8,12,14,16H2,1-3H3,(H,26,28). The Hall–Kier alpha value is -2.53. The number of carbonyl (C=O) groups excluding carboxylic acids is 2. The number of hydrogen-bond acceptors (Lipinski definition) is 3. The number of benzene rings is 2. The summed E-state index contributed by atoms with van der Waals surface area (Å²) in [5.41, 5.74) is 1.27. The maximum absolute atomic E-state index is 13.2. The number of likely N-dealkylation sites (tertiary alicyclic amines) is 1. The molecule has 1 aliphatic rings. The number of nitrogens with one attached hydrogen (secondary N) is 1. The Kier molecular flexibility index (Phi) is 7.03. The Balaban J connectivity index is 1.69. The van der Waals surface area contributed by atoms with E-state index < -0.39 is 6.04 Å². The Morgan fingerprint density at radius 3 is 2.70 bits per heavy atom. The van der Waals surface area contributed by atoms with Gasteiger partial charge in [-0.1, -0.05) is 49.7 Å². The highest BCUT2D eigenvalue weighted by Crippen LogP contribution is 2.27. The average molecular weight is 429 g/mol. The molecule has 1 N–H and O–H groups in total. The average Bonchev–Trinajstić information content (AvgIpc) is 3.22. The number of ether oxygens (including phenoxy) is 1. The van der Waals surface area contributed by atoms with Gasteiger partial charge in [-0.25, -0.2) is 0 Å². The predicted molar refractivity (Wildman–Crippen MR) is 119 cm³/mol. The zero-order valence-corrected chi connectivity index (χ0v) is 18.5. The van der Waals surface area contributed by atoms with E-state index in [0.717, 1.165) is 12.0 Å². The molecule has 0 bridgehead atoms. The second-order valence-corrected chi connectivity index (χ2v) is 8.63. The Bertz CT molecular complexity index is 913. The largest absolute Gasteiger partial charge is 0.493 e. The van der Waals surface area contributed by atoms with Crippen LogP contribution in [0.3, 0.4) is 0 Å². The van der Waals surface area contributed by atoms with Gasteiger partial charge in [0.1, 0.15) is 11.8 Å². The number of carbonyl (C=O) groups is 2. The normalized spacial score (nSPS) is 16.4. The van der Waals surface area contributed by atoms with E-state index in [-0.39, 0.29) is 17.2 Å². The van der Waals surface area contributed by atoms with E-state index in [9.17, 15) is 9.59 Å². The molecule has 0 spiro atoms. The SMILES string of the molecule is CCOc1ccccc1C(=O)N1CCCC1C(=O)NCC(C)(C)c1cccc(Cl)c1. The number of nitrogens with zero attached hydrogens (tertiary/aromatic N) is 1. The van der Waals surface area contributed by atoms with Crippen molar-refractivity contribution in [3.63, 3.8) is 0 Å². The van der Waals surface area contributed by atoms with Crippen LogP contribution in [0.2, 0.25) is 5.02 Å². The number of para-hydroxylation sites is 1. The topological polar surface area (TPSA) is 58.6 Å². The van der Waals surface area contributed by atoms with Gasteiger partial charge in [-0.2, -0.15) is 0 Å². The van der Waals surface area contributed by atoms with Crippen LogP contribution in [0.4, 0.5) is 0 Å². The lowest BCUT2D eigenvalue weighted by atomic mass is 9.84. The molecule has 30 heavy (non-hydrogen) atoms. The van der Waals surface area contributed by atoms with Gasteiger partial charge in [-0.3, -0.25) is 9.59 Å². The fourth-order valence-corrected chi connectivity index (χ4v) is 3.99. The molecule has 1 unspecified atom stereocenters. The van der Waals surface area contributed by atoms with E-state index in [1.165, 1.54) is 0 Å². The minimum Gasteiger partial charge on any atom is -0.493 e. The molecular formula is C24H29ClN2O3. The summed E-state index contributed by atoms with van der Waals surface area (Å²) >= 11 is 6.12. The molecule has 3 rings (SSSR count). The summed E-state index contributed by atoms with van der Waals surface area (Å²) in [7, 11) is 0. The van der Waals surface area contributed by atoms with Crippen molar-refractivity contribution in [1.29, 1.82) is 0 Å². The molecule has 2 aromatic rings. The molecule has 2 aromatic carbocycles. The Morgan fingerprint density at radius 1 is 1.20 bits per heavy atom. The van der Waals surface area contributed by atoms with Gasteiger partial charge in [0.2, 0.25) is 5.91 Å². The van der Waals surface area contributed by atoms with Crippen molar-refractivity contribution in [2.75, 3.05) is 19.7 Å². The van der Waals surface area contributed by atoms with Crippen molar-refractivity contribution in [2.24, 2.45) is 0 Å². The van der Waals surface area contributed by atoms with Gasteiger partial charge < -0.3 is 15.0 Å². The smallest absolute Gasteiger partial charge is 0.258 e. The molecule has 5 nitrogen and oxygen atoms in total. The summed E-state index contributed by atoms with van der Waals surface area (Å²) in [6.45, 7) is 7.51. The number of hydrogen-bond donors (Lipinski definition) is 1. The van der Waals surface area contributed by atoms with Crippen LogP contribution in [0, 0.1) is 0 Å². The second-order valence-electron chi connectivity index (χ2n) is 8.20. The monoisotopic (exact) mass is 428 g/mol. The van der Waals surface area contributed by atoms with Gasteiger partial charge >= 0.3 is 0 Å². The summed E-state index contributed by atoms with van der Waals surface area (Å²) in [6, 6.07) is 14.4. The van der Waals surface area contributed by atoms with E-state index in [1.54, 1.807) is 17.0 Å². The highest BCUT2D eigenvalue weighted by Gasteiger charge is 2.36. The number of rotatable bonds is 7. The molecule has 1 heterocycles. The van der Waals surface area contributed by atoms with E-state index in [4.69, 9.17) is 16.3 Å². The first-order chi connectivity index (χ1) is 14.3. The summed E-state index contributed by atoms with van der Waals surface area (Å²) in [5.74, 6) is 0.272. The molecule has 6 heteroatoms. The van der Waals surface area contributed by atoms with Gasteiger partial charge in [0.25, 0.3) is 5.91 Å². The molecule has 2 amide bonds. The highest BCUT2D eigenvalue weighted by molar-refractivity contribution is 6.30. The summed E-state index contributed by atoms with van der Waals surface area (Å²) < 4.78 is 5.61. The summed E-state index contributed by atoms with van der Waals surface area (Å²) in [5, 5.41) is 3.73. The van der Waals surface area contributed by atoms with Crippen LogP contribution < -0.4 is 10.1 Å². The lowest BCUT2D eigenvalue weighted by Gasteiger charge is -2.29. The Labute approximate surface area is 183 Å². The minimum atomic E-state index is -0.470. The van der Waals surface area contributed by atoms with Crippen molar-refractivity contribution < 1.29 is 14.3 Å². The second kappa shape index (κ2) is 9.52. The minimum absolute atomic E-state index is 0.121. The van der Waals surface area contributed by atoms with E-state index in [0.29, 0.717) is 42.5 Å². The van der Waals surface area contributed by atoms with Gasteiger partial charge in [0.05, 0.1) is 12.2 Å². The van der Waals surface area contributed by atoms with Crippen LogP contribution in [0.15, 0.2) is 48.5 Å². The van der Waals surface area contributed by atoms with Crippen LogP contribution in [0.25, 0.3) is 0 Å². The van der Waals surface area contributed by atoms with Gasteiger partial charge in [-0.05, 0) is 49.6 Å². The van der Waals surface area contributed by atoms with E-state index in [1.807, 2.05) is 43.3 Å². The van der Waals surface area contributed by atoms with Crippen molar-refractivity contribution in [3.8, 4) is 5.75 Å². The maximum Gasteiger partial charge on any atom is 0.258 e. The zero-order valence-electron chi connectivity index (χ0n) is 17.8. The zero-order chi connectivity index (χ0) is 21.7. The number of halogens is 1. The Morgan fingerprint density at radius 2 is 1.97 bits per heavy atom. The van der Waals surface area contributed by atoms with Gasteiger partial charge in [0, 0.05) is 23.5 Å². The lowest BCUT2D eigenvalue weighted by Crippen LogP contribution is -2.48. The molecule has 0 radical (unpaired) electrons. The number of amides is 2. The first-order valence-electron chi connectivity index (χ1n) is 10.4. The first-order valence-corrected chi connectivity index (χ1v) is 10.8. The quantitative estimate of drug-likeness (QED) is 0.709. The van der Waals surface area contributed by atoms with Crippen molar-refractivity contribution in [1.82, 2.24) is 10.2 Å². The maximum atomic E-state index is 13.2. The van der Waals surface area contributed by atoms with Crippen LogP contribution >= 0.6 is 11.6 Å². The van der Waals surface area contributed by atoms with Crippen molar-refractivity contribution in [2.45, 2.75) is 45.1 Å². The molecule has 0 aliphatic carbocycles. The molecule has 1 atom stereocenters. The molecule has 1 aliphatic heterocycles. The van der Waals surface area contributed by atoms with Crippen LogP contribution in [0.1, 0.15) is 49.5 Å². The van der Waals surface area contributed by atoms with Crippen LogP contribution in [-0.2, 0) is 10.2 Å². The molecular weight excluding hydrogens is 400 g/mol. The van der Waals surface area contributed by atoms with E-state index >= 15 is 0 Å². The van der Waals surface area contributed by atoms with Gasteiger partial charge in [-0.15, -0.1) is 0 Å². The highest BCUT2D eigenvalue weighted by atomic mass is 35.5. The third-order valence-electron chi connectivity index (χ3n) is 5.54.